The van der Waals surface area contributed by atoms with Crippen molar-refractivity contribution in [1.82, 2.24) is 0 Å². The first-order valence-electron chi connectivity index (χ1n) is 3.83. The van der Waals surface area contributed by atoms with Gasteiger partial charge in [-0.1, -0.05) is 0 Å². The topological polar surface area (TPSA) is 23.8 Å². The summed E-state index contributed by atoms with van der Waals surface area (Å²) >= 11 is 0. The Morgan fingerprint density at radius 2 is 0.923 bits per heavy atom. The summed E-state index contributed by atoms with van der Waals surface area (Å²) in [4.78, 5) is 0. The third-order valence-electron chi connectivity index (χ3n) is 1.11. The van der Waals surface area contributed by atoms with Gasteiger partial charge in [0, 0.05) is 0 Å². The maximum Gasteiger partial charge on any atom is 3.00 e. The Balaban J connectivity index is 0. The molecule has 0 heterocycles. The van der Waals surface area contributed by atoms with E-state index < -0.39 is 0 Å². The minimum Gasteiger partial charge on any atom is -0.680 e. The van der Waals surface area contributed by atoms with Crippen LogP contribution in [0.4, 0.5) is 0 Å². The van der Waals surface area contributed by atoms with Gasteiger partial charge in [-0.15, -0.1) is 0 Å². The molecular formula is C11H14NZr. The smallest absolute Gasteiger partial charge is 0.680 e. The molecule has 13 heavy (non-hydrogen) atoms. The minimum atomic E-state index is 0. The Kier molecular flexibility index (Phi) is 16.3. The van der Waals surface area contributed by atoms with E-state index in [1.165, 1.54) is 7.05 Å². The molecule has 1 radical (unpaired) electrons. The summed E-state index contributed by atoms with van der Waals surface area (Å²) in [5.41, 5.74) is 5.75. The number of nitrogens with one attached hydrogen (secondary N) is 1. The van der Waals surface area contributed by atoms with Crippen LogP contribution in [0.25, 0.3) is 5.73 Å². The van der Waals surface area contributed by atoms with E-state index in [0.717, 1.165) is 0 Å². The van der Waals surface area contributed by atoms with Crippen LogP contribution < -0.4 is 0 Å². The van der Waals surface area contributed by atoms with Crippen molar-refractivity contribution < 1.29 is 26.2 Å². The van der Waals surface area contributed by atoms with Crippen LogP contribution in [0.1, 0.15) is 0 Å². The average molecular weight is 251 g/mol. The molecule has 2 rings (SSSR count). The van der Waals surface area contributed by atoms with Crippen LogP contribution in [-0.2, 0) is 26.2 Å². The van der Waals surface area contributed by atoms with Gasteiger partial charge in [-0.25, -0.2) is 24.3 Å². The second-order valence-corrected chi connectivity index (χ2v) is 1.92. The maximum absolute atomic E-state index is 5.75. The van der Waals surface area contributed by atoms with Crippen LogP contribution in [0, 0.1) is 0 Å². The molecule has 2 aromatic rings. The molecule has 0 spiro atoms. The zero-order chi connectivity index (χ0) is 9.07. The van der Waals surface area contributed by atoms with Crippen molar-refractivity contribution in [1.29, 1.82) is 0 Å². The molecule has 0 aliphatic rings. The summed E-state index contributed by atoms with van der Waals surface area (Å²) in [5.74, 6) is 0. The van der Waals surface area contributed by atoms with E-state index >= 15 is 0 Å². The molecule has 0 aliphatic carbocycles. The molecule has 67 valence electrons. The fraction of sp³-hybridized carbons (Fsp3) is 0.0909. The van der Waals surface area contributed by atoms with Gasteiger partial charge < -0.3 is 5.73 Å². The normalized spacial score (nSPS) is 6.62. The third kappa shape index (κ3) is 11.5. The molecule has 2 heteroatoms. The first-order chi connectivity index (χ1) is 6.00. The molecule has 0 saturated carbocycles. The largest absolute Gasteiger partial charge is 3.00 e. The van der Waals surface area contributed by atoms with E-state index in [0.29, 0.717) is 0 Å². The van der Waals surface area contributed by atoms with E-state index in [-0.39, 0.29) is 26.2 Å². The Hall–Kier alpha value is -0.457. The summed E-state index contributed by atoms with van der Waals surface area (Å²) in [6.07, 6.45) is 0. The van der Waals surface area contributed by atoms with Crippen molar-refractivity contribution in [3.63, 3.8) is 0 Å². The molecule has 0 unspecified atom stereocenters. The summed E-state index contributed by atoms with van der Waals surface area (Å²) < 4.78 is 0. The molecule has 2 aromatic carbocycles. The summed E-state index contributed by atoms with van der Waals surface area (Å²) in [5, 5.41) is 0. The summed E-state index contributed by atoms with van der Waals surface area (Å²) in [7, 11) is 1.25. The van der Waals surface area contributed by atoms with Gasteiger partial charge in [0.2, 0.25) is 0 Å². The van der Waals surface area contributed by atoms with Gasteiger partial charge in [-0.2, -0.15) is 43.4 Å². The summed E-state index contributed by atoms with van der Waals surface area (Å²) in [6.45, 7) is 0. The first kappa shape index (κ1) is 15.0. The fourth-order valence-electron chi connectivity index (χ4n) is 0.642. The predicted molar refractivity (Wildman–Crippen MR) is 54.3 cm³/mol. The third-order valence-corrected chi connectivity index (χ3v) is 1.11. The Bertz CT molecular complexity index is 149. The number of hydrogen-bond acceptors (Lipinski definition) is 0. The molecule has 0 atom stereocenters. The van der Waals surface area contributed by atoms with Crippen molar-refractivity contribution in [3.8, 4) is 0 Å². The molecule has 0 aliphatic heterocycles. The Labute approximate surface area is 99.4 Å². The second kappa shape index (κ2) is 14.1. The van der Waals surface area contributed by atoms with E-state index in [2.05, 4.69) is 0 Å². The van der Waals surface area contributed by atoms with Crippen LogP contribution in [0.3, 0.4) is 0 Å². The average Bonchev–Trinajstić information content (AvgIpc) is 2.87. The number of hydrogen-bond donors (Lipinski definition) is 0. The van der Waals surface area contributed by atoms with E-state index in [1.807, 2.05) is 60.7 Å². The molecule has 0 amide bonds. The van der Waals surface area contributed by atoms with Crippen LogP contribution in [0.5, 0.6) is 0 Å². The SMILES string of the molecule is C[NH-].[Zr+3].c1cc[cH-]c1.c1cc[cH-]c1. The second-order valence-electron chi connectivity index (χ2n) is 1.92. The van der Waals surface area contributed by atoms with Gasteiger partial charge in [-0.3, -0.25) is 0 Å². The van der Waals surface area contributed by atoms with Crippen molar-refractivity contribution in [3.05, 3.63) is 66.4 Å². The van der Waals surface area contributed by atoms with Crippen molar-refractivity contribution in [2.45, 2.75) is 0 Å². The van der Waals surface area contributed by atoms with Crippen LogP contribution in [-0.4, -0.2) is 7.05 Å². The van der Waals surface area contributed by atoms with Crippen molar-refractivity contribution >= 4 is 0 Å². The monoisotopic (exact) mass is 250 g/mol. The first-order valence-corrected chi connectivity index (χ1v) is 3.83. The minimum absolute atomic E-state index is 0. The van der Waals surface area contributed by atoms with Gasteiger partial charge >= 0.3 is 26.2 Å². The van der Waals surface area contributed by atoms with Crippen LogP contribution in [0.15, 0.2) is 60.7 Å². The zero-order valence-electron chi connectivity index (χ0n) is 7.77. The zero-order valence-corrected chi connectivity index (χ0v) is 10.2. The predicted octanol–water partition coefficient (Wildman–Crippen LogP) is 3.48. The van der Waals surface area contributed by atoms with Crippen molar-refractivity contribution in [2.75, 3.05) is 7.05 Å². The van der Waals surface area contributed by atoms with E-state index in [4.69, 9.17) is 5.73 Å². The quantitative estimate of drug-likeness (QED) is 0.640. The molecule has 0 fully saturated rings. The maximum atomic E-state index is 5.75. The number of rotatable bonds is 0. The Morgan fingerprint density at radius 1 is 0.692 bits per heavy atom. The molecular weight excluding hydrogens is 237 g/mol. The van der Waals surface area contributed by atoms with Gasteiger partial charge in [-0.05, 0) is 0 Å². The van der Waals surface area contributed by atoms with Gasteiger partial charge in [0.15, 0.2) is 0 Å². The van der Waals surface area contributed by atoms with E-state index in [1.54, 1.807) is 0 Å². The molecule has 0 saturated heterocycles. The summed E-state index contributed by atoms with van der Waals surface area (Å²) in [6, 6.07) is 20.0. The fourth-order valence-corrected chi connectivity index (χ4v) is 0.642. The van der Waals surface area contributed by atoms with E-state index in [9.17, 15) is 0 Å². The Morgan fingerprint density at radius 3 is 1.00 bits per heavy atom. The standard InChI is InChI=1S/2C5H5.CH4N.Zr/c2*1-2-4-5-3-1;1-2;/h2*1-5H;2H,1H3;/q3*-1;+3. The van der Waals surface area contributed by atoms with Gasteiger partial charge in [0.25, 0.3) is 0 Å². The van der Waals surface area contributed by atoms with Gasteiger partial charge in [0.1, 0.15) is 0 Å². The van der Waals surface area contributed by atoms with Crippen LogP contribution in [0.2, 0.25) is 0 Å². The molecule has 0 bridgehead atoms. The molecule has 1 N–H and O–H groups in total. The molecule has 0 aromatic heterocycles. The molecule has 1 nitrogen and oxygen atoms in total. The van der Waals surface area contributed by atoms with Crippen LogP contribution >= 0.6 is 0 Å². The van der Waals surface area contributed by atoms with Gasteiger partial charge in [0.05, 0.1) is 0 Å². The van der Waals surface area contributed by atoms with Crippen molar-refractivity contribution in [2.24, 2.45) is 0 Å².